The van der Waals surface area contributed by atoms with Crippen LogP contribution in [0, 0.1) is 0 Å². The maximum Gasteiger partial charge on any atom is 0.271 e. The van der Waals surface area contributed by atoms with Crippen LogP contribution in [0.2, 0.25) is 0 Å². The second-order valence-electron chi connectivity index (χ2n) is 3.81. The number of aliphatic hydroxyl groups is 1. The Morgan fingerprint density at radius 2 is 1.89 bits per heavy atom. The molecule has 1 aromatic heterocycles. The summed E-state index contributed by atoms with van der Waals surface area (Å²) in [7, 11) is 0. The summed E-state index contributed by atoms with van der Waals surface area (Å²) < 4.78 is -1.99. The molecule has 2 rings (SSSR count). The number of carbonyl (C=O) groups excluding carboxylic acids is 1. The largest absolute Gasteiger partial charge is 0.369 e. The summed E-state index contributed by atoms with van der Waals surface area (Å²) in [6.07, 6.45) is -1.61. The number of para-hydroxylation sites is 1. The summed E-state index contributed by atoms with van der Waals surface area (Å²) in [5.74, 6) is -0.621. The van der Waals surface area contributed by atoms with Crippen LogP contribution in [-0.2, 0) is 0 Å². The molecule has 4 nitrogen and oxygen atoms in total. The number of nitrogens with one attached hydrogen (secondary N) is 1. The molecule has 100 valence electrons. The van der Waals surface area contributed by atoms with E-state index in [4.69, 9.17) is 34.8 Å². The zero-order chi connectivity index (χ0) is 14.0. The lowest BCUT2D eigenvalue weighted by atomic mass is 10.2. The molecule has 0 saturated heterocycles. The molecular formula is C12H9Cl3N2O2. The maximum absolute atomic E-state index is 11.8. The third-order valence-electron chi connectivity index (χ3n) is 2.41. The van der Waals surface area contributed by atoms with Gasteiger partial charge in [0.15, 0.2) is 6.23 Å². The normalized spacial score (nSPS) is 13.3. The first kappa shape index (κ1) is 14.3. The van der Waals surface area contributed by atoms with Crippen molar-refractivity contribution in [3.8, 4) is 0 Å². The second kappa shape index (κ2) is 5.51. The van der Waals surface area contributed by atoms with Crippen molar-refractivity contribution in [3.05, 3.63) is 42.1 Å². The minimum absolute atomic E-state index is 0.131. The van der Waals surface area contributed by atoms with Gasteiger partial charge in [-0.1, -0.05) is 59.1 Å². The van der Waals surface area contributed by atoms with E-state index in [1.807, 2.05) is 18.2 Å². The molecule has 19 heavy (non-hydrogen) atoms. The summed E-state index contributed by atoms with van der Waals surface area (Å²) >= 11 is 16.4. The Morgan fingerprint density at radius 3 is 2.58 bits per heavy atom. The van der Waals surface area contributed by atoms with Gasteiger partial charge in [-0.3, -0.25) is 4.79 Å². The number of aromatic nitrogens is 1. The molecule has 0 aliphatic heterocycles. The molecule has 0 radical (unpaired) electrons. The fraction of sp³-hybridized carbons (Fsp3) is 0.167. The monoisotopic (exact) mass is 318 g/mol. The van der Waals surface area contributed by atoms with Gasteiger partial charge in [-0.05, 0) is 12.1 Å². The van der Waals surface area contributed by atoms with Gasteiger partial charge in [0.2, 0.25) is 3.79 Å². The van der Waals surface area contributed by atoms with Crippen LogP contribution in [0.5, 0.6) is 0 Å². The molecule has 1 atom stereocenters. The van der Waals surface area contributed by atoms with Crippen LogP contribution in [0.3, 0.4) is 0 Å². The number of amides is 1. The van der Waals surface area contributed by atoms with Crippen molar-refractivity contribution >= 4 is 51.6 Å². The molecule has 7 heteroatoms. The minimum atomic E-state index is -1.99. The SMILES string of the molecule is O=C(NC(O)C(Cl)(Cl)Cl)c1ccc2ccccc2n1. The van der Waals surface area contributed by atoms with Crippen LogP contribution < -0.4 is 5.32 Å². The van der Waals surface area contributed by atoms with E-state index in [-0.39, 0.29) is 5.69 Å². The third-order valence-corrected chi connectivity index (χ3v) is 3.03. The molecule has 1 amide bonds. The van der Waals surface area contributed by atoms with Crippen molar-refractivity contribution in [1.29, 1.82) is 0 Å². The number of aliphatic hydroxyl groups excluding tert-OH is 1. The number of alkyl halides is 3. The van der Waals surface area contributed by atoms with Crippen LogP contribution in [0.25, 0.3) is 10.9 Å². The summed E-state index contributed by atoms with van der Waals surface area (Å²) in [5, 5.41) is 12.5. The van der Waals surface area contributed by atoms with Gasteiger partial charge >= 0.3 is 0 Å². The molecule has 0 spiro atoms. The highest BCUT2D eigenvalue weighted by Gasteiger charge is 2.32. The van der Waals surface area contributed by atoms with Gasteiger partial charge < -0.3 is 10.4 Å². The van der Waals surface area contributed by atoms with Gasteiger partial charge in [-0.15, -0.1) is 0 Å². The lowest BCUT2D eigenvalue weighted by Crippen LogP contribution is -2.43. The van der Waals surface area contributed by atoms with Gasteiger partial charge in [0.25, 0.3) is 5.91 Å². The number of fused-ring (bicyclic) bond motifs is 1. The van der Waals surface area contributed by atoms with Crippen molar-refractivity contribution in [3.63, 3.8) is 0 Å². The van der Waals surface area contributed by atoms with Crippen LogP contribution in [-0.4, -0.2) is 26.0 Å². The smallest absolute Gasteiger partial charge is 0.271 e. The number of carbonyl (C=O) groups is 1. The van der Waals surface area contributed by atoms with Crippen LogP contribution >= 0.6 is 34.8 Å². The molecule has 0 saturated carbocycles. The Kier molecular flexibility index (Phi) is 4.16. The topological polar surface area (TPSA) is 62.2 Å². The summed E-state index contributed by atoms with van der Waals surface area (Å²) in [6.45, 7) is 0. The van der Waals surface area contributed by atoms with Crippen LogP contribution in [0.1, 0.15) is 10.5 Å². The number of pyridine rings is 1. The third kappa shape index (κ3) is 3.48. The molecule has 0 aliphatic carbocycles. The number of rotatable bonds is 2. The molecule has 1 heterocycles. The van der Waals surface area contributed by atoms with E-state index in [0.717, 1.165) is 5.39 Å². The van der Waals surface area contributed by atoms with E-state index in [1.54, 1.807) is 12.1 Å². The van der Waals surface area contributed by atoms with Crippen LogP contribution in [0.4, 0.5) is 0 Å². The first-order valence-electron chi connectivity index (χ1n) is 5.29. The fourth-order valence-electron chi connectivity index (χ4n) is 1.47. The summed E-state index contributed by atoms with van der Waals surface area (Å²) in [5.41, 5.74) is 0.797. The van der Waals surface area contributed by atoms with Crippen molar-refractivity contribution < 1.29 is 9.90 Å². The zero-order valence-electron chi connectivity index (χ0n) is 9.48. The average Bonchev–Trinajstić information content (AvgIpc) is 2.37. The first-order chi connectivity index (χ1) is 8.88. The average molecular weight is 320 g/mol. The standard InChI is InChI=1S/C12H9Cl3N2O2/c13-12(14,15)11(19)17-10(18)9-6-5-7-3-1-2-4-8(7)16-9/h1-6,11,19H,(H,17,18). The Morgan fingerprint density at radius 1 is 1.21 bits per heavy atom. The lowest BCUT2D eigenvalue weighted by Gasteiger charge is -2.19. The molecule has 1 unspecified atom stereocenters. The predicted octanol–water partition coefficient (Wildman–Crippen LogP) is 2.65. The number of halogens is 3. The summed E-state index contributed by atoms with van der Waals surface area (Å²) in [4.78, 5) is 16.0. The summed E-state index contributed by atoms with van der Waals surface area (Å²) in [6, 6.07) is 10.6. The minimum Gasteiger partial charge on any atom is -0.369 e. The van der Waals surface area contributed by atoms with Gasteiger partial charge in [-0.25, -0.2) is 4.98 Å². The Hall–Kier alpha value is -1.07. The Labute approximate surface area is 124 Å². The quantitative estimate of drug-likeness (QED) is 0.661. The first-order valence-corrected chi connectivity index (χ1v) is 6.43. The molecule has 2 aromatic rings. The zero-order valence-corrected chi connectivity index (χ0v) is 11.7. The lowest BCUT2D eigenvalue weighted by molar-refractivity contribution is 0.0787. The van der Waals surface area contributed by atoms with Gasteiger partial charge in [-0.2, -0.15) is 0 Å². The molecule has 2 N–H and O–H groups in total. The molecule has 0 aliphatic rings. The number of hydrogen-bond donors (Lipinski definition) is 2. The van der Waals surface area contributed by atoms with Gasteiger partial charge in [0.05, 0.1) is 5.52 Å². The fourth-order valence-corrected chi connectivity index (χ4v) is 1.64. The van der Waals surface area contributed by atoms with Crippen molar-refractivity contribution in [2.45, 2.75) is 10.0 Å². The van der Waals surface area contributed by atoms with E-state index < -0.39 is 15.9 Å². The van der Waals surface area contributed by atoms with Gasteiger partial charge in [0.1, 0.15) is 5.69 Å². The number of hydrogen-bond acceptors (Lipinski definition) is 3. The Balaban J connectivity index is 2.22. The maximum atomic E-state index is 11.8. The molecule has 0 bridgehead atoms. The number of benzene rings is 1. The van der Waals surface area contributed by atoms with Crippen LogP contribution in [0.15, 0.2) is 36.4 Å². The molecule has 1 aromatic carbocycles. The van der Waals surface area contributed by atoms with E-state index in [2.05, 4.69) is 10.3 Å². The van der Waals surface area contributed by atoms with E-state index in [9.17, 15) is 9.90 Å². The van der Waals surface area contributed by atoms with E-state index in [1.165, 1.54) is 6.07 Å². The van der Waals surface area contributed by atoms with E-state index >= 15 is 0 Å². The highest BCUT2D eigenvalue weighted by molar-refractivity contribution is 6.68. The molecule has 0 fully saturated rings. The van der Waals surface area contributed by atoms with Crippen molar-refractivity contribution in [2.24, 2.45) is 0 Å². The second-order valence-corrected chi connectivity index (χ2v) is 6.18. The highest BCUT2D eigenvalue weighted by Crippen LogP contribution is 2.29. The van der Waals surface area contributed by atoms with Gasteiger partial charge in [0, 0.05) is 5.39 Å². The van der Waals surface area contributed by atoms with Crippen molar-refractivity contribution in [2.75, 3.05) is 0 Å². The molecular weight excluding hydrogens is 311 g/mol. The van der Waals surface area contributed by atoms with Crippen molar-refractivity contribution in [1.82, 2.24) is 10.3 Å². The van der Waals surface area contributed by atoms with E-state index in [0.29, 0.717) is 5.52 Å². The number of nitrogens with zero attached hydrogens (tertiary/aromatic N) is 1. The Bertz CT molecular complexity index is 613. The highest BCUT2D eigenvalue weighted by atomic mass is 35.6. The predicted molar refractivity (Wildman–Crippen MR) is 75.5 cm³/mol.